The lowest BCUT2D eigenvalue weighted by Gasteiger charge is -2.37. The van der Waals surface area contributed by atoms with E-state index < -0.39 is 0 Å². The van der Waals surface area contributed by atoms with Crippen LogP contribution < -0.4 is 0 Å². The van der Waals surface area contributed by atoms with Crippen LogP contribution >= 0.6 is 0 Å². The van der Waals surface area contributed by atoms with E-state index in [-0.39, 0.29) is 24.6 Å². The Morgan fingerprint density at radius 1 is 1.16 bits per heavy atom. The van der Waals surface area contributed by atoms with Crippen LogP contribution in [0.5, 0.6) is 0 Å². The number of rotatable bonds is 4. The van der Waals surface area contributed by atoms with Crippen LogP contribution in [0.15, 0.2) is 0 Å². The first-order valence-corrected chi connectivity index (χ1v) is 7.62. The molecule has 4 heteroatoms. The highest BCUT2D eigenvalue weighted by Gasteiger charge is 2.45. The Hall–Kier alpha value is -0.160. The molecule has 0 radical (unpaired) electrons. The molecule has 0 N–H and O–H groups in total. The fourth-order valence-corrected chi connectivity index (χ4v) is 3.56. The van der Waals surface area contributed by atoms with E-state index in [2.05, 4.69) is 6.92 Å². The second-order valence-corrected chi connectivity index (χ2v) is 6.61. The molecule has 0 aromatic carbocycles. The summed E-state index contributed by atoms with van der Waals surface area (Å²) in [4.78, 5) is 0. The van der Waals surface area contributed by atoms with Gasteiger partial charge in [0.25, 0.3) is 0 Å². The maximum Gasteiger partial charge on any atom is 0.184 e. The second kappa shape index (κ2) is 5.68. The highest BCUT2D eigenvalue weighted by Crippen LogP contribution is 2.38. The zero-order valence-corrected chi connectivity index (χ0v) is 12.1. The van der Waals surface area contributed by atoms with E-state index in [1.165, 1.54) is 32.1 Å². The molecule has 0 aromatic heterocycles. The van der Waals surface area contributed by atoms with Crippen LogP contribution in [0.25, 0.3) is 0 Å². The fraction of sp³-hybridized carbons (Fsp3) is 1.00. The predicted octanol–water partition coefficient (Wildman–Crippen LogP) is 2.50. The van der Waals surface area contributed by atoms with Gasteiger partial charge in [0.05, 0.1) is 19.3 Å². The molecule has 0 unspecified atom stereocenters. The minimum atomic E-state index is -0.180. The number of hydrogen-bond donors (Lipinski definition) is 0. The Balaban J connectivity index is 1.54. The van der Waals surface area contributed by atoms with Gasteiger partial charge < -0.3 is 18.9 Å². The van der Waals surface area contributed by atoms with E-state index in [4.69, 9.17) is 18.9 Å². The molecule has 1 saturated carbocycles. The molecule has 2 aliphatic heterocycles. The third kappa shape index (κ3) is 2.97. The molecule has 3 aliphatic rings. The zero-order valence-electron chi connectivity index (χ0n) is 12.1. The molecule has 2 bridgehead atoms. The monoisotopic (exact) mass is 270 g/mol. The van der Waals surface area contributed by atoms with Gasteiger partial charge in [-0.3, -0.25) is 0 Å². The maximum absolute atomic E-state index is 6.20. The largest absolute Gasteiger partial charge is 0.376 e. The van der Waals surface area contributed by atoms with Crippen LogP contribution in [0.2, 0.25) is 0 Å². The molecule has 2 heterocycles. The van der Waals surface area contributed by atoms with E-state index >= 15 is 0 Å². The summed E-state index contributed by atoms with van der Waals surface area (Å²) >= 11 is 0. The molecule has 0 amide bonds. The van der Waals surface area contributed by atoms with Crippen molar-refractivity contribution in [3.63, 3.8) is 0 Å². The lowest BCUT2D eigenvalue weighted by molar-refractivity contribution is -0.203. The van der Waals surface area contributed by atoms with E-state index in [1.54, 1.807) is 7.11 Å². The first-order valence-electron chi connectivity index (χ1n) is 7.62. The van der Waals surface area contributed by atoms with Gasteiger partial charge in [0.15, 0.2) is 6.29 Å². The average molecular weight is 270 g/mol. The molecule has 2 saturated heterocycles. The van der Waals surface area contributed by atoms with Gasteiger partial charge >= 0.3 is 0 Å². The summed E-state index contributed by atoms with van der Waals surface area (Å²) in [5.41, 5.74) is 0.358. The van der Waals surface area contributed by atoms with Gasteiger partial charge in [0, 0.05) is 13.5 Å². The summed E-state index contributed by atoms with van der Waals surface area (Å²) in [5.74, 6) is 0. The molecule has 4 nitrogen and oxygen atoms in total. The van der Waals surface area contributed by atoms with E-state index in [1.807, 2.05) is 0 Å². The fourth-order valence-electron chi connectivity index (χ4n) is 3.56. The molecular formula is C15H26O4. The second-order valence-electron chi connectivity index (χ2n) is 6.61. The molecule has 3 rings (SSSR count). The third-order valence-electron chi connectivity index (χ3n) is 4.93. The Morgan fingerprint density at radius 3 is 2.68 bits per heavy atom. The van der Waals surface area contributed by atoms with Gasteiger partial charge in [-0.25, -0.2) is 0 Å². The zero-order chi connectivity index (χ0) is 13.3. The Kier molecular flexibility index (Phi) is 4.13. The van der Waals surface area contributed by atoms with Gasteiger partial charge in [-0.15, -0.1) is 0 Å². The third-order valence-corrected chi connectivity index (χ3v) is 4.93. The van der Waals surface area contributed by atoms with Gasteiger partial charge in [0.2, 0.25) is 0 Å². The number of hydrogen-bond acceptors (Lipinski definition) is 4. The molecule has 3 fully saturated rings. The number of methoxy groups -OCH3 is 1. The van der Waals surface area contributed by atoms with Crippen molar-refractivity contribution in [1.29, 1.82) is 0 Å². The van der Waals surface area contributed by atoms with Gasteiger partial charge in [-0.2, -0.15) is 0 Å². The van der Waals surface area contributed by atoms with Crippen molar-refractivity contribution >= 4 is 0 Å². The molecule has 4 atom stereocenters. The number of ether oxygens (including phenoxy) is 4. The van der Waals surface area contributed by atoms with Crippen LogP contribution in [0.4, 0.5) is 0 Å². The van der Waals surface area contributed by atoms with Crippen molar-refractivity contribution in [2.24, 2.45) is 5.41 Å². The quantitative estimate of drug-likeness (QED) is 0.786. The topological polar surface area (TPSA) is 36.9 Å². The molecule has 1 aliphatic carbocycles. The van der Waals surface area contributed by atoms with E-state index in [0.717, 1.165) is 13.0 Å². The summed E-state index contributed by atoms with van der Waals surface area (Å²) < 4.78 is 23.1. The molecule has 19 heavy (non-hydrogen) atoms. The normalized spacial score (nSPS) is 41.4. The molecule has 110 valence electrons. The van der Waals surface area contributed by atoms with Crippen LogP contribution in [0.3, 0.4) is 0 Å². The van der Waals surface area contributed by atoms with Crippen molar-refractivity contribution in [2.45, 2.75) is 70.1 Å². The lowest BCUT2D eigenvalue weighted by atomic mass is 9.76. The minimum Gasteiger partial charge on any atom is -0.376 e. The van der Waals surface area contributed by atoms with Crippen molar-refractivity contribution in [3.8, 4) is 0 Å². The van der Waals surface area contributed by atoms with Crippen molar-refractivity contribution in [2.75, 3.05) is 20.3 Å². The van der Waals surface area contributed by atoms with E-state index in [9.17, 15) is 0 Å². The average Bonchev–Trinajstić information content (AvgIpc) is 2.84. The van der Waals surface area contributed by atoms with Crippen LogP contribution in [-0.2, 0) is 18.9 Å². The summed E-state index contributed by atoms with van der Waals surface area (Å²) in [6, 6.07) is 0. The summed E-state index contributed by atoms with van der Waals surface area (Å²) in [5, 5.41) is 0. The van der Waals surface area contributed by atoms with Gasteiger partial charge in [-0.05, 0) is 18.3 Å². The van der Waals surface area contributed by atoms with Crippen molar-refractivity contribution in [3.05, 3.63) is 0 Å². The highest BCUT2D eigenvalue weighted by molar-refractivity contribution is 4.88. The van der Waals surface area contributed by atoms with Gasteiger partial charge in [0.1, 0.15) is 12.2 Å². The summed E-state index contributed by atoms with van der Waals surface area (Å²) in [7, 11) is 1.72. The first kappa shape index (κ1) is 13.8. The highest BCUT2D eigenvalue weighted by atomic mass is 16.7. The summed E-state index contributed by atoms with van der Waals surface area (Å²) in [6.45, 7) is 3.85. The van der Waals surface area contributed by atoms with Gasteiger partial charge in [-0.1, -0.05) is 26.2 Å². The maximum atomic E-state index is 6.20. The van der Waals surface area contributed by atoms with Crippen LogP contribution in [-0.4, -0.2) is 44.9 Å². The smallest absolute Gasteiger partial charge is 0.184 e. The predicted molar refractivity (Wildman–Crippen MR) is 71.0 cm³/mol. The Labute approximate surface area is 115 Å². The SMILES string of the molecule is CO[C@@H]1C[C@H](OCC2(C)CCCCC2)[C@H]2CO[C@@H]1O2. The van der Waals surface area contributed by atoms with Crippen molar-refractivity contribution in [1.82, 2.24) is 0 Å². The number of fused-ring (bicyclic) bond motifs is 2. The van der Waals surface area contributed by atoms with Crippen LogP contribution in [0, 0.1) is 5.41 Å². The first-order chi connectivity index (χ1) is 9.20. The molecular weight excluding hydrogens is 244 g/mol. The standard InChI is InChI=1S/C15H26O4/c1-15(6-4-3-5-7-15)10-18-11-8-12(16-2)14-17-9-13(11)19-14/h11-14H,3-10H2,1-2H3/t11-,12+,13+,14+/m0/s1. The van der Waals surface area contributed by atoms with Crippen molar-refractivity contribution < 1.29 is 18.9 Å². The molecule has 0 spiro atoms. The Morgan fingerprint density at radius 2 is 1.95 bits per heavy atom. The minimum absolute atomic E-state index is 0.0166. The van der Waals surface area contributed by atoms with E-state index in [0.29, 0.717) is 12.0 Å². The van der Waals surface area contributed by atoms with Crippen LogP contribution in [0.1, 0.15) is 45.4 Å². The lowest BCUT2D eigenvalue weighted by Crippen LogP contribution is -2.45. The Bertz CT molecular complexity index is 301. The molecule has 0 aromatic rings. The summed E-state index contributed by atoms with van der Waals surface area (Å²) in [6.07, 6.45) is 7.60.